The summed E-state index contributed by atoms with van der Waals surface area (Å²) >= 11 is 0. The lowest BCUT2D eigenvalue weighted by molar-refractivity contribution is -0.192. The van der Waals surface area contributed by atoms with Crippen molar-refractivity contribution in [1.29, 1.82) is 0 Å². The van der Waals surface area contributed by atoms with Gasteiger partial charge in [-0.05, 0) is 48.5 Å². The number of nitrogen functional groups attached to an aromatic ring is 1. The predicted molar refractivity (Wildman–Crippen MR) is 140 cm³/mol. The third-order valence-corrected chi connectivity index (χ3v) is 7.76. The molecule has 0 unspecified atom stereocenters. The maximum atomic E-state index is 15.4. The highest BCUT2D eigenvalue weighted by Crippen LogP contribution is 2.53. The third kappa shape index (κ3) is 5.53. The van der Waals surface area contributed by atoms with Crippen molar-refractivity contribution in [1.82, 2.24) is 19.5 Å². The van der Waals surface area contributed by atoms with Crippen LogP contribution < -0.4 is 24.3 Å². The van der Waals surface area contributed by atoms with Crippen molar-refractivity contribution in [3.63, 3.8) is 0 Å². The number of methoxy groups -OCH3 is 2. The number of hydrogen-bond acceptors (Lipinski definition) is 12. The van der Waals surface area contributed by atoms with E-state index in [1.807, 2.05) is 0 Å². The topological polar surface area (TPSA) is 162 Å². The Labute approximate surface area is 236 Å². The number of aliphatic hydroxyl groups excluding tert-OH is 1. The number of imidazole rings is 1. The molecular weight excluding hydrogens is 586 g/mol. The molecule has 0 amide bonds. The summed E-state index contributed by atoms with van der Waals surface area (Å²) in [4.78, 5) is 11.7. The summed E-state index contributed by atoms with van der Waals surface area (Å²) < 4.78 is 91.4. The number of ether oxygens (including phenoxy) is 3. The second-order valence-corrected chi connectivity index (χ2v) is 10.5. The lowest BCUT2D eigenvalue weighted by Gasteiger charge is -2.31. The number of nitrogens with two attached hydrogens (primary N) is 1. The fourth-order valence-electron chi connectivity index (χ4n) is 4.20. The van der Waals surface area contributed by atoms with E-state index in [0.717, 1.165) is 17.2 Å². The van der Waals surface area contributed by atoms with Crippen molar-refractivity contribution in [2.75, 3.05) is 26.6 Å². The van der Waals surface area contributed by atoms with Crippen molar-refractivity contribution in [2.45, 2.75) is 30.5 Å². The number of alkyl halides is 3. The molecule has 13 nitrogen and oxygen atoms in total. The molecule has 4 aromatic rings. The predicted octanol–water partition coefficient (Wildman–Crippen LogP) is 3.94. The largest absolute Gasteiger partial charge is 0.587 e. The van der Waals surface area contributed by atoms with Gasteiger partial charge in [0.05, 0.1) is 27.2 Å². The van der Waals surface area contributed by atoms with Crippen LogP contribution in [-0.4, -0.2) is 69.8 Å². The van der Waals surface area contributed by atoms with E-state index in [-0.39, 0.29) is 28.5 Å². The Bertz CT molecular complexity index is 1530. The van der Waals surface area contributed by atoms with E-state index in [9.17, 15) is 18.5 Å². The molecule has 17 heteroatoms. The molecule has 0 saturated carbocycles. The summed E-state index contributed by atoms with van der Waals surface area (Å²) in [6.45, 7) is -1.31. The van der Waals surface area contributed by atoms with Crippen LogP contribution in [0.3, 0.4) is 0 Å². The Morgan fingerprint density at radius 3 is 2.07 bits per heavy atom. The maximum absolute atomic E-state index is 15.4. The molecule has 5 rings (SSSR count). The average molecular weight is 611 g/mol. The van der Waals surface area contributed by atoms with Gasteiger partial charge >= 0.3 is 7.82 Å². The van der Waals surface area contributed by atoms with Gasteiger partial charge in [-0.1, -0.05) is 0 Å². The molecule has 2 aromatic carbocycles. The Morgan fingerprint density at radius 1 is 1.00 bits per heavy atom. The summed E-state index contributed by atoms with van der Waals surface area (Å²) in [5.74, 6) is 0.799. The number of anilines is 1. The molecule has 0 radical (unpaired) electrons. The van der Waals surface area contributed by atoms with Crippen LogP contribution in [0, 0.1) is 0 Å². The lowest BCUT2D eigenvalue weighted by atomic mass is 9.97. The van der Waals surface area contributed by atoms with Crippen LogP contribution in [0.5, 0.6) is 23.0 Å². The number of benzene rings is 2. The maximum Gasteiger partial charge on any atom is 0.587 e. The highest BCUT2D eigenvalue weighted by atomic mass is 31.2. The second-order valence-electron chi connectivity index (χ2n) is 8.99. The number of hydrogen-bond donors (Lipinski definition) is 2. The van der Waals surface area contributed by atoms with E-state index < -0.39 is 45.0 Å². The van der Waals surface area contributed by atoms with Crippen LogP contribution in [0.25, 0.3) is 11.2 Å². The molecule has 0 spiro atoms. The van der Waals surface area contributed by atoms with E-state index in [0.29, 0.717) is 11.5 Å². The van der Waals surface area contributed by atoms with Gasteiger partial charge in [0.15, 0.2) is 29.5 Å². The number of phosphoric ester groups is 1. The standard InChI is InChI=1S/C25H25F3N5O8P/c1-36-14-3-7-16(8-4-14)40-42(35,41-17-9-5-15(37-2)6-10-17)38-11-25(24(27)28)20(34)18(26)23(39-25)33-13-32-19-21(29)30-12-31-22(19)33/h3-10,12-13,18,20,23-24,34H,11H2,1-2H3,(H2,29,30,31)/t18-,20-,23+,25+/m0/s1. The monoisotopic (exact) mass is 611 g/mol. The number of phosphoric acid groups is 1. The Balaban J connectivity index is 1.44. The van der Waals surface area contributed by atoms with Gasteiger partial charge in [0.25, 0.3) is 6.43 Å². The summed E-state index contributed by atoms with van der Waals surface area (Å²) in [6.07, 6.45) is -8.09. The number of nitrogens with zero attached hydrogens (tertiary/aromatic N) is 4. The molecule has 42 heavy (non-hydrogen) atoms. The molecule has 3 N–H and O–H groups in total. The zero-order valence-corrected chi connectivity index (χ0v) is 22.9. The van der Waals surface area contributed by atoms with E-state index in [4.69, 9.17) is 33.5 Å². The molecule has 1 saturated heterocycles. The minimum absolute atomic E-state index is 0.0234. The SMILES string of the molecule is COc1ccc(OP(=O)(OC[C@@]2(C(F)F)O[C@@H](n3cnc4c(N)ncnc43)[C@@H](F)[C@@H]2O)Oc2ccc(OC)cc2)cc1. The Kier molecular flexibility index (Phi) is 8.14. The molecule has 1 aliphatic heterocycles. The van der Waals surface area contributed by atoms with E-state index in [1.54, 1.807) is 0 Å². The molecular formula is C25H25F3N5O8P. The molecule has 2 aromatic heterocycles. The normalized spacial score (nSPS) is 22.4. The van der Waals surface area contributed by atoms with Gasteiger partial charge in [-0.3, -0.25) is 9.09 Å². The lowest BCUT2D eigenvalue weighted by Crippen LogP contribution is -2.52. The first-order valence-corrected chi connectivity index (χ1v) is 13.7. The Morgan fingerprint density at radius 2 is 1.55 bits per heavy atom. The van der Waals surface area contributed by atoms with Crippen molar-refractivity contribution in [3.8, 4) is 23.0 Å². The van der Waals surface area contributed by atoms with Gasteiger partial charge in [-0.2, -0.15) is 0 Å². The Hall–Kier alpha value is -4.11. The first kappa shape index (κ1) is 29.4. The van der Waals surface area contributed by atoms with Gasteiger partial charge in [0.2, 0.25) is 0 Å². The fraction of sp³-hybridized carbons (Fsp3) is 0.320. The van der Waals surface area contributed by atoms with E-state index in [2.05, 4.69) is 15.0 Å². The fourth-order valence-corrected chi connectivity index (χ4v) is 5.46. The third-order valence-electron chi connectivity index (χ3n) is 6.45. The first-order chi connectivity index (χ1) is 20.1. The zero-order valence-electron chi connectivity index (χ0n) is 22.0. The van der Waals surface area contributed by atoms with Crippen molar-refractivity contribution in [3.05, 3.63) is 61.2 Å². The summed E-state index contributed by atoms with van der Waals surface area (Å²) in [7, 11) is -1.93. The second kappa shape index (κ2) is 11.6. The van der Waals surface area contributed by atoms with E-state index >= 15 is 4.39 Å². The zero-order chi connectivity index (χ0) is 30.1. The number of rotatable bonds is 11. The van der Waals surface area contributed by atoms with Crippen LogP contribution in [0.2, 0.25) is 0 Å². The van der Waals surface area contributed by atoms with Gasteiger partial charge in [-0.25, -0.2) is 32.7 Å². The molecule has 3 heterocycles. The molecule has 4 atom stereocenters. The average Bonchev–Trinajstić information content (AvgIpc) is 3.53. The molecule has 0 bridgehead atoms. The first-order valence-electron chi connectivity index (χ1n) is 12.2. The van der Waals surface area contributed by atoms with Gasteiger partial charge < -0.3 is 34.1 Å². The summed E-state index contributed by atoms with van der Waals surface area (Å²) in [5, 5.41) is 10.7. The number of aromatic nitrogens is 4. The van der Waals surface area contributed by atoms with E-state index in [1.165, 1.54) is 62.8 Å². The van der Waals surface area contributed by atoms with Crippen LogP contribution in [-0.2, 0) is 13.8 Å². The minimum atomic E-state index is -4.80. The number of fused-ring (bicyclic) bond motifs is 1. The van der Waals surface area contributed by atoms with Gasteiger partial charge in [-0.15, -0.1) is 0 Å². The summed E-state index contributed by atoms with van der Waals surface area (Å²) in [6, 6.07) is 11.5. The van der Waals surface area contributed by atoms with Crippen LogP contribution >= 0.6 is 7.82 Å². The van der Waals surface area contributed by atoms with Gasteiger partial charge in [0, 0.05) is 0 Å². The van der Waals surface area contributed by atoms with Crippen molar-refractivity contribution >= 4 is 24.8 Å². The molecule has 0 aliphatic carbocycles. The van der Waals surface area contributed by atoms with Crippen LogP contribution in [0.4, 0.5) is 19.0 Å². The van der Waals surface area contributed by atoms with Crippen molar-refractivity contribution < 1.29 is 50.6 Å². The molecule has 224 valence electrons. The summed E-state index contributed by atoms with van der Waals surface area (Å²) in [5.41, 5.74) is 2.80. The van der Waals surface area contributed by atoms with Crippen LogP contribution in [0.1, 0.15) is 6.23 Å². The highest BCUT2D eigenvalue weighted by molar-refractivity contribution is 7.49. The minimum Gasteiger partial charge on any atom is -0.497 e. The van der Waals surface area contributed by atoms with Crippen LogP contribution in [0.15, 0.2) is 61.2 Å². The molecule has 1 aliphatic rings. The smallest absolute Gasteiger partial charge is 0.497 e. The van der Waals surface area contributed by atoms with Gasteiger partial charge in [0.1, 0.15) is 40.9 Å². The van der Waals surface area contributed by atoms with Crippen molar-refractivity contribution in [2.24, 2.45) is 0 Å². The number of halogens is 3. The molecule has 1 fully saturated rings. The highest BCUT2D eigenvalue weighted by Gasteiger charge is 2.62. The number of aliphatic hydroxyl groups is 1. The quantitative estimate of drug-likeness (QED) is 0.235.